The molecule has 2 heterocycles. The summed E-state index contributed by atoms with van der Waals surface area (Å²) < 4.78 is 7.11. The summed E-state index contributed by atoms with van der Waals surface area (Å²) >= 11 is 12.5. The Morgan fingerprint density at radius 3 is 2.69 bits per heavy atom. The minimum Gasteiger partial charge on any atom is -0.497 e. The first kappa shape index (κ1) is 17.3. The minimum atomic E-state index is 0.634. The molecular weight excluding hydrogens is 369 g/mol. The Balaban J connectivity index is 1.62. The first-order valence-corrected chi connectivity index (χ1v) is 9.34. The second-order valence-electron chi connectivity index (χ2n) is 6.31. The van der Waals surface area contributed by atoms with Gasteiger partial charge in [-0.2, -0.15) is 5.10 Å². The lowest BCUT2D eigenvalue weighted by atomic mass is 10.1. The molecule has 0 saturated carbocycles. The summed E-state index contributed by atoms with van der Waals surface area (Å²) in [5.41, 5.74) is 4.45. The zero-order valence-corrected chi connectivity index (χ0v) is 15.9. The molecule has 2 aromatic carbocycles. The highest BCUT2D eigenvalue weighted by Gasteiger charge is 2.23. The Morgan fingerprint density at radius 1 is 1.12 bits per heavy atom. The molecule has 6 heteroatoms. The number of nitrogens with one attached hydrogen (secondary N) is 1. The first-order chi connectivity index (χ1) is 12.7. The predicted octanol–water partition coefficient (Wildman–Crippen LogP) is 4.94. The van der Waals surface area contributed by atoms with E-state index < -0.39 is 0 Å². The summed E-state index contributed by atoms with van der Waals surface area (Å²) in [6, 6.07) is 13.6. The van der Waals surface area contributed by atoms with Gasteiger partial charge in [-0.15, -0.1) is 0 Å². The maximum atomic E-state index is 6.38. The summed E-state index contributed by atoms with van der Waals surface area (Å²) in [5, 5.41) is 9.55. The van der Waals surface area contributed by atoms with Gasteiger partial charge in [0, 0.05) is 17.1 Å². The van der Waals surface area contributed by atoms with E-state index in [2.05, 4.69) is 17.4 Å². The average molecular weight is 388 g/mol. The summed E-state index contributed by atoms with van der Waals surface area (Å²) in [6.45, 7) is 0.918. The van der Waals surface area contributed by atoms with Gasteiger partial charge in [0.15, 0.2) is 0 Å². The lowest BCUT2D eigenvalue weighted by Crippen LogP contribution is -2.06. The van der Waals surface area contributed by atoms with Crippen molar-refractivity contribution in [1.29, 1.82) is 0 Å². The molecule has 134 valence electrons. The molecule has 0 amide bonds. The van der Waals surface area contributed by atoms with Gasteiger partial charge < -0.3 is 10.1 Å². The summed E-state index contributed by atoms with van der Waals surface area (Å²) in [7, 11) is 1.68. The molecular formula is C20H19Cl2N3O. The van der Waals surface area contributed by atoms with Gasteiger partial charge in [0.05, 0.1) is 23.5 Å². The van der Waals surface area contributed by atoms with E-state index in [1.807, 2.05) is 22.9 Å². The molecule has 0 unspecified atom stereocenters. The normalized spacial score (nSPS) is 12.7. The van der Waals surface area contributed by atoms with Gasteiger partial charge in [-0.1, -0.05) is 35.3 Å². The van der Waals surface area contributed by atoms with E-state index in [0.29, 0.717) is 10.0 Å². The number of rotatable bonds is 5. The van der Waals surface area contributed by atoms with Crippen molar-refractivity contribution in [2.75, 3.05) is 19.0 Å². The topological polar surface area (TPSA) is 39.1 Å². The van der Waals surface area contributed by atoms with Gasteiger partial charge in [0.2, 0.25) is 0 Å². The second-order valence-corrected chi connectivity index (χ2v) is 7.15. The van der Waals surface area contributed by atoms with Crippen LogP contribution in [-0.4, -0.2) is 23.4 Å². The summed E-state index contributed by atoms with van der Waals surface area (Å²) in [5.74, 6) is 1.90. The number of hydrogen-bond acceptors (Lipinski definition) is 3. The molecule has 1 aliphatic rings. The largest absolute Gasteiger partial charge is 0.497 e. The quantitative estimate of drug-likeness (QED) is 0.673. The van der Waals surface area contributed by atoms with Crippen molar-refractivity contribution < 1.29 is 4.74 Å². The van der Waals surface area contributed by atoms with Crippen molar-refractivity contribution in [2.24, 2.45) is 0 Å². The van der Waals surface area contributed by atoms with Crippen molar-refractivity contribution >= 4 is 29.0 Å². The molecule has 1 N–H and O–H groups in total. The van der Waals surface area contributed by atoms with Crippen molar-refractivity contribution in [1.82, 2.24) is 9.78 Å². The van der Waals surface area contributed by atoms with Crippen LogP contribution in [0.1, 0.15) is 16.8 Å². The second kappa shape index (κ2) is 7.22. The third-order valence-electron chi connectivity index (χ3n) is 4.68. The van der Waals surface area contributed by atoms with Crippen LogP contribution in [0.2, 0.25) is 10.0 Å². The first-order valence-electron chi connectivity index (χ1n) is 8.58. The van der Waals surface area contributed by atoms with E-state index in [1.165, 1.54) is 11.1 Å². The van der Waals surface area contributed by atoms with Crippen LogP contribution in [0, 0.1) is 0 Å². The Labute approximate surface area is 162 Å². The number of fused-ring (bicyclic) bond motifs is 1. The number of benzene rings is 2. The number of aromatic nitrogens is 2. The van der Waals surface area contributed by atoms with Crippen LogP contribution in [0.15, 0.2) is 42.5 Å². The maximum absolute atomic E-state index is 6.38. The van der Waals surface area contributed by atoms with Crippen molar-refractivity contribution in [2.45, 2.75) is 19.3 Å². The van der Waals surface area contributed by atoms with E-state index in [-0.39, 0.29) is 0 Å². The van der Waals surface area contributed by atoms with Gasteiger partial charge in [-0.3, -0.25) is 0 Å². The number of nitrogens with zero attached hydrogens (tertiary/aromatic N) is 2. The van der Waals surface area contributed by atoms with Gasteiger partial charge in [-0.05, 0) is 55.2 Å². The van der Waals surface area contributed by atoms with Crippen LogP contribution in [0.3, 0.4) is 0 Å². The van der Waals surface area contributed by atoms with E-state index >= 15 is 0 Å². The zero-order chi connectivity index (χ0) is 18.1. The SMILES string of the molecule is COc1ccc(CCc2nn(-c3cc(Cl)ccc3Cl)c3c2CCN3)cc1. The van der Waals surface area contributed by atoms with E-state index in [1.54, 1.807) is 19.2 Å². The molecule has 0 saturated heterocycles. The average Bonchev–Trinajstić information content (AvgIpc) is 3.26. The minimum absolute atomic E-state index is 0.634. The van der Waals surface area contributed by atoms with Crippen LogP contribution in [0.5, 0.6) is 5.75 Å². The standard InChI is InChI=1S/C20H19Cl2N3O/c1-26-15-6-2-13(3-7-15)4-9-18-16-10-11-23-20(16)25(24-18)19-12-14(21)5-8-17(19)22/h2-3,5-8,12,23H,4,9-11H2,1H3. The Morgan fingerprint density at radius 2 is 1.92 bits per heavy atom. The van der Waals surface area contributed by atoms with E-state index in [4.69, 9.17) is 33.0 Å². The third kappa shape index (κ3) is 3.27. The van der Waals surface area contributed by atoms with Crippen LogP contribution < -0.4 is 10.1 Å². The highest BCUT2D eigenvalue weighted by molar-refractivity contribution is 6.34. The Bertz CT molecular complexity index is 935. The van der Waals surface area contributed by atoms with E-state index in [0.717, 1.165) is 48.8 Å². The molecule has 0 aliphatic carbocycles. The van der Waals surface area contributed by atoms with Gasteiger partial charge in [-0.25, -0.2) is 4.68 Å². The lowest BCUT2D eigenvalue weighted by Gasteiger charge is -2.09. The molecule has 0 atom stereocenters. The van der Waals surface area contributed by atoms with E-state index in [9.17, 15) is 0 Å². The molecule has 0 radical (unpaired) electrons. The number of methoxy groups -OCH3 is 1. The summed E-state index contributed by atoms with van der Waals surface area (Å²) in [6.07, 6.45) is 2.78. The molecule has 0 bridgehead atoms. The predicted molar refractivity (Wildman–Crippen MR) is 106 cm³/mol. The Kier molecular flexibility index (Phi) is 4.79. The fourth-order valence-electron chi connectivity index (χ4n) is 3.32. The van der Waals surface area contributed by atoms with Crippen LogP contribution in [-0.2, 0) is 19.3 Å². The van der Waals surface area contributed by atoms with Crippen LogP contribution >= 0.6 is 23.2 Å². The van der Waals surface area contributed by atoms with Crippen molar-refractivity contribution in [3.63, 3.8) is 0 Å². The maximum Gasteiger partial charge on any atom is 0.133 e. The highest BCUT2D eigenvalue weighted by atomic mass is 35.5. The zero-order valence-electron chi connectivity index (χ0n) is 14.4. The number of ether oxygens (including phenoxy) is 1. The number of anilines is 1. The molecule has 26 heavy (non-hydrogen) atoms. The summed E-state index contributed by atoms with van der Waals surface area (Å²) in [4.78, 5) is 0. The fraction of sp³-hybridized carbons (Fsp3) is 0.250. The smallest absolute Gasteiger partial charge is 0.133 e. The molecule has 4 nitrogen and oxygen atoms in total. The molecule has 1 aromatic heterocycles. The fourth-order valence-corrected chi connectivity index (χ4v) is 3.69. The number of halogens is 2. The number of aryl methyl sites for hydroxylation is 2. The monoisotopic (exact) mass is 387 g/mol. The van der Waals surface area contributed by atoms with Crippen molar-refractivity contribution in [3.05, 3.63) is 69.3 Å². The van der Waals surface area contributed by atoms with Gasteiger partial charge in [0.1, 0.15) is 11.6 Å². The van der Waals surface area contributed by atoms with Crippen LogP contribution in [0.4, 0.5) is 5.82 Å². The molecule has 0 spiro atoms. The Hall–Kier alpha value is -2.17. The molecule has 4 rings (SSSR count). The van der Waals surface area contributed by atoms with Gasteiger partial charge in [0.25, 0.3) is 0 Å². The highest BCUT2D eigenvalue weighted by Crippen LogP contribution is 2.33. The molecule has 1 aliphatic heterocycles. The lowest BCUT2D eigenvalue weighted by molar-refractivity contribution is 0.414. The molecule has 0 fully saturated rings. The van der Waals surface area contributed by atoms with Gasteiger partial charge >= 0.3 is 0 Å². The molecule has 3 aromatic rings. The van der Waals surface area contributed by atoms with Crippen LogP contribution in [0.25, 0.3) is 5.69 Å². The van der Waals surface area contributed by atoms with Crippen molar-refractivity contribution in [3.8, 4) is 11.4 Å². The third-order valence-corrected chi connectivity index (χ3v) is 5.23. The number of hydrogen-bond donors (Lipinski definition) is 1.